The number of aliphatic carboxylic acids is 1. The number of amides is 1. The number of nitrogens with one attached hydrogen (secondary N) is 1. The molecule has 2 aromatic rings. The fraction of sp³-hybridized carbons (Fsp3) is 0.353. The lowest BCUT2D eigenvalue weighted by atomic mass is 9.81. The number of anilines is 1. The van der Waals surface area contributed by atoms with E-state index in [1.165, 1.54) is 12.2 Å². The van der Waals surface area contributed by atoms with Gasteiger partial charge in [-0.05, 0) is 60.6 Å². The highest BCUT2D eigenvalue weighted by Gasteiger charge is 2.46. The minimum absolute atomic E-state index is 0.0679. The predicted molar refractivity (Wildman–Crippen MR) is 161 cm³/mol. The maximum Gasteiger partial charge on any atom is 0.305 e. The van der Waals surface area contributed by atoms with Crippen molar-refractivity contribution in [3.63, 3.8) is 0 Å². The number of hydrogen-bond acceptors (Lipinski definition) is 5. The Hall–Kier alpha value is -4.01. The summed E-state index contributed by atoms with van der Waals surface area (Å²) in [4.78, 5) is 27.3. The van der Waals surface area contributed by atoms with Crippen LogP contribution >= 0.6 is 0 Å². The van der Waals surface area contributed by atoms with Gasteiger partial charge in [-0.15, -0.1) is 0 Å². The molecule has 4 atom stereocenters. The van der Waals surface area contributed by atoms with Gasteiger partial charge in [-0.25, -0.2) is 4.39 Å². The summed E-state index contributed by atoms with van der Waals surface area (Å²) in [6, 6.07) is 18.7. The smallest absolute Gasteiger partial charge is 0.305 e. The zero-order valence-electron chi connectivity index (χ0n) is 24.0. The number of carboxylic acids is 1. The molecule has 4 unspecified atom stereocenters. The Morgan fingerprint density at radius 2 is 1.67 bits per heavy atom. The zero-order chi connectivity index (χ0) is 30.2. The second kappa shape index (κ2) is 14.2. The largest absolute Gasteiger partial charge is 0.481 e. The average molecular weight is 575 g/mol. The number of nitrogens with zero attached hydrogens (tertiary/aromatic N) is 1. The molecule has 2 aromatic carbocycles. The molecule has 1 amide bonds. The molecule has 7 nitrogen and oxygen atoms in total. The highest BCUT2D eigenvalue weighted by molar-refractivity contribution is 6.06. The Morgan fingerprint density at radius 1 is 1.00 bits per heavy atom. The Labute approximate surface area is 246 Å². The van der Waals surface area contributed by atoms with Gasteiger partial charge in [0.05, 0.1) is 24.7 Å². The lowest BCUT2D eigenvalue weighted by Crippen LogP contribution is -2.38. The molecule has 1 aliphatic heterocycles. The van der Waals surface area contributed by atoms with E-state index in [1.54, 1.807) is 12.2 Å². The van der Waals surface area contributed by atoms with Crippen LogP contribution in [0.15, 0.2) is 108 Å². The van der Waals surface area contributed by atoms with Gasteiger partial charge in [0.1, 0.15) is 5.83 Å². The van der Waals surface area contributed by atoms with Crippen molar-refractivity contribution in [2.75, 3.05) is 11.9 Å². The number of allylic oxidation sites excluding steroid dienone is 6. The van der Waals surface area contributed by atoms with Gasteiger partial charge in [-0.2, -0.15) is 0 Å². The van der Waals surface area contributed by atoms with Gasteiger partial charge in [0.15, 0.2) is 0 Å². The molecular weight excluding hydrogens is 535 g/mol. The zero-order valence-corrected chi connectivity index (χ0v) is 24.0. The minimum Gasteiger partial charge on any atom is -0.481 e. The average Bonchev–Trinajstić information content (AvgIpc) is 3.15. The highest BCUT2D eigenvalue weighted by atomic mass is 19.1. The SMILES string of the molecule is CC(C)C1=C(C(=O)Nc2ccccc2)C(c2ccccc2)C(C2=CC=C(F)C=CC2)N1CCC(O)CC(O)CC(=O)O. The first-order valence-corrected chi connectivity index (χ1v) is 14.4. The van der Waals surface area contributed by atoms with Gasteiger partial charge in [-0.1, -0.05) is 74.5 Å². The first kappa shape index (κ1) is 30.9. The van der Waals surface area contributed by atoms with Crippen molar-refractivity contribution in [3.05, 3.63) is 113 Å². The van der Waals surface area contributed by atoms with Crippen LogP contribution in [-0.2, 0) is 9.59 Å². The van der Waals surface area contributed by atoms with Crippen molar-refractivity contribution in [2.45, 2.75) is 63.7 Å². The molecule has 8 heteroatoms. The van der Waals surface area contributed by atoms with Gasteiger partial charge in [0.25, 0.3) is 5.91 Å². The molecule has 42 heavy (non-hydrogen) atoms. The normalized spacial score (nSPS) is 20.2. The van der Waals surface area contributed by atoms with Crippen LogP contribution < -0.4 is 5.32 Å². The van der Waals surface area contributed by atoms with E-state index < -0.39 is 24.6 Å². The summed E-state index contributed by atoms with van der Waals surface area (Å²) in [5, 5.41) is 33.0. The third-order valence-corrected chi connectivity index (χ3v) is 7.65. The molecule has 4 N–H and O–H groups in total. The van der Waals surface area contributed by atoms with Crippen molar-refractivity contribution in [3.8, 4) is 0 Å². The molecule has 222 valence electrons. The number of hydrogen-bond donors (Lipinski definition) is 4. The molecule has 0 radical (unpaired) electrons. The summed E-state index contributed by atoms with van der Waals surface area (Å²) in [7, 11) is 0. The molecule has 1 heterocycles. The van der Waals surface area contributed by atoms with E-state index in [0.717, 1.165) is 16.8 Å². The molecule has 2 aliphatic rings. The fourth-order valence-electron chi connectivity index (χ4n) is 5.95. The summed E-state index contributed by atoms with van der Waals surface area (Å²) in [6.07, 6.45) is 4.52. The van der Waals surface area contributed by atoms with Crippen LogP contribution in [0, 0.1) is 5.92 Å². The van der Waals surface area contributed by atoms with Gasteiger partial charge < -0.3 is 25.5 Å². The quantitative estimate of drug-likeness (QED) is 0.258. The second-order valence-corrected chi connectivity index (χ2v) is 11.1. The number of halogens is 1. The van der Waals surface area contributed by atoms with Crippen LogP contribution in [0.4, 0.5) is 10.1 Å². The molecule has 0 aromatic heterocycles. The lowest BCUT2D eigenvalue weighted by Gasteiger charge is -2.36. The Kier molecular flexibility index (Phi) is 10.5. The molecule has 4 rings (SSSR count). The summed E-state index contributed by atoms with van der Waals surface area (Å²) < 4.78 is 14.3. The standard InChI is InChI=1S/C34H39FN2O5/c1-22(2)32-31(34(42)36-26-14-7-4-8-15-26)30(23-10-5-3-6-11-23)33(24-12-9-13-25(35)17-16-24)37(32)19-18-27(38)20-28(39)21-29(40)41/h3-11,13-17,22,27-28,30,33,38-39H,12,18-21H2,1-2H3,(H,36,42)(H,40,41). The molecule has 0 saturated carbocycles. The van der Waals surface area contributed by atoms with Gasteiger partial charge in [0, 0.05) is 29.4 Å². The van der Waals surface area contributed by atoms with Gasteiger partial charge in [-0.3, -0.25) is 9.59 Å². The van der Waals surface area contributed by atoms with E-state index in [2.05, 4.69) is 10.2 Å². The second-order valence-electron chi connectivity index (χ2n) is 11.1. The van der Waals surface area contributed by atoms with Crippen molar-refractivity contribution < 1.29 is 29.3 Å². The van der Waals surface area contributed by atoms with Gasteiger partial charge in [0.2, 0.25) is 0 Å². The van der Waals surface area contributed by atoms with Crippen LogP contribution in [-0.4, -0.2) is 56.9 Å². The molecule has 0 saturated heterocycles. The van der Waals surface area contributed by atoms with Crippen LogP contribution in [0.25, 0.3) is 0 Å². The molecular formula is C34H39FN2O5. The third-order valence-electron chi connectivity index (χ3n) is 7.65. The lowest BCUT2D eigenvalue weighted by molar-refractivity contribution is -0.139. The highest BCUT2D eigenvalue weighted by Crippen LogP contribution is 2.48. The van der Waals surface area contributed by atoms with Crippen LogP contribution in [0.3, 0.4) is 0 Å². The molecule has 1 aliphatic carbocycles. The van der Waals surface area contributed by atoms with Crippen molar-refractivity contribution in [1.29, 1.82) is 0 Å². The number of benzene rings is 2. The van der Waals surface area contributed by atoms with Crippen molar-refractivity contribution in [2.24, 2.45) is 5.92 Å². The first-order chi connectivity index (χ1) is 20.2. The van der Waals surface area contributed by atoms with Crippen molar-refractivity contribution in [1.82, 2.24) is 4.90 Å². The van der Waals surface area contributed by atoms with E-state index in [4.69, 9.17) is 5.11 Å². The van der Waals surface area contributed by atoms with E-state index in [9.17, 15) is 24.2 Å². The number of carbonyl (C=O) groups is 2. The number of para-hydroxylation sites is 1. The van der Waals surface area contributed by atoms with E-state index in [-0.39, 0.29) is 42.5 Å². The van der Waals surface area contributed by atoms with Crippen molar-refractivity contribution >= 4 is 17.6 Å². The Bertz CT molecular complexity index is 1370. The summed E-state index contributed by atoms with van der Waals surface area (Å²) in [6.45, 7) is 4.39. The third kappa shape index (κ3) is 7.63. The van der Waals surface area contributed by atoms with E-state index in [0.29, 0.717) is 24.2 Å². The fourth-order valence-corrected chi connectivity index (χ4v) is 5.95. The van der Waals surface area contributed by atoms with Crippen LogP contribution in [0.5, 0.6) is 0 Å². The first-order valence-electron chi connectivity index (χ1n) is 14.4. The van der Waals surface area contributed by atoms with Crippen LogP contribution in [0.2, 0.25) is 0 Å². The summed E-state index contributed by atoms with van der Waals surface area (Å²) >= 11 is 0. The predicted octanol–water partition coefficient (Wildman–Crippen LogP) is 5.72. The summed E-state index contributed by atoms with van der Waals surface area (Å²) in [5.41, 5.74) is 3.98. The van der Waals surface area contributed by atoms with E-state index >= 15 is 0 Å². The molecule has 0 bridgehead atoms. The Morgan fingerprint density at radius 3 is 2.31 bits per heavy atom. The number of aliphatic hydroxyl groups is 2. The molecule has 0 spiro atoms. The number of carboxylic acid groups (broad SMARTS) is 1. The Balaban J connectivity index is 1.79. The number of rotatable bonds is 12. The van der Waals surface area contributed by atoms with Crippen LogP contribution in [0.1, 0.15) is 51.0 Å². The number of carbonyl (C=O) groups excluding carboxylic acids is 1. The minimum atomic E-state index is -1.17. The molecule has 0 fully saturated rings. The maximum atomic E-state index is 14.3. The number of aliphatic hydroxyl groups excluding tert-OH is 2. The topological polar surface area (TPSA) is 110 Å². The van der Waals surface area contributed by atoms with E-state index in [1.807, 2.05) is 74.5 Å². The summed E-state index contributed by atoms with van der Waals surface area (Å²) in [5.74, 6) is -2.16. The van der Waals surface area contributed by atoms with Gasteiger partial charge >= 0.3 is 5.97 Å². The maximum absolute atomic E-state index is 14.3. The monoisotopic (exact) mass is 574 g/mol.